The first-order chi connectivity index (χ1) is 7.09. The molecule has 0 spiro atoms. The Balaban J connectivity index is 2.50. The number of rotatable bonds is 5. The molecule has 3 heteroatoms. The third-order valence-corrected chi connectivity index (χ3v) is 2.22. The summed E-state index contributed by atoms with van der Waals surface area (Å²) >= 11 is 0. The molecule has 0 radical (unpaired) electrons. The molecule has 0 N–H and O–H groups in total. The van der Waals surface area contributed by atoms with Crippen LogP contribution in [0.3, 0.4) is 0 Å². The van der Waals surface area contributed by atoms with E-state index >= 15 is 0 Å². The van der Waals surface area contributed by atoms with E-state index in [2.05, 4.69) is 6.58 Å². The Morgan fingerprint density at radius 2 is 2.00 bits per heavy atom. The molecular formula is C12H15NO2. The summed E-state index contributed by atoms with van der Waals surface area (Å²) in [6, 6.07) is 6.74. The molecule has 0 saturated heterocycles. The molecule has 0 fully saturated rings. The van der Waals surface area contributed by atoms with Crippen LogP contribution in [0.4, 0.5) is 5.69 Å². The van der Waals surface area contributed by atoms with Crippen LogP contribution in [0.15, 0.2) is 36.4 Å². The van der Waals surface area contributed by atoms with E-state index in [-0.39, 0.29) is 10.6 Å². The predicted molar refractivity (Wildman–Crippen MR) is 60.8 cm³/mol. The molecule has 0 aliphatic carbocycles. The minimum atomic E-state index is -0.377. The van der Waals surface area contributed by atoms with Crippen LogP contribution in [0.1, 0.15) is 25.3 Å². The van der Waals surface area contributed by atoms with Gasteiger partial charge in [0.25, 0.3) is 5.69 Å². The van der Waals surface area contributed by atoms with E-state index in [1.165, 1.54) is 5.57 Å². The number of nitrogens with zero attached hydrogens (tertiary/aromatic N) is 1. The lowest BCUT2D eigenvalue weighted by molar-refractivity contribution is -0.384. The molecule has 3 nitrogen and oxygen atoms in total. The monoisotopic (exact) mass is 205 g/mol. The third-order valence-electron chi connectivity index (χ3n) is 2.22. The molecule has 15 heavy (non-hydrogen) atoms. The van der Waals surface area contributed by atoms with Gasteiger partial charge in [-0.2, -0.15) is 0 Å². The molecule has 0 atom stereocenters. The van der Waals surface area contributed by atoms with Gasteiger partial charge in [0.05, 0.1) is 4.92 Å². The molecular weight excluding hydrogens is 190 g/mol. The molecule has 1 rings (SSSR count). The van der Waals surface area contributed by atoms with Crippen molar-refractivity contribution in [2.45, 2.75) is 26.2 Å². The van der Waals surface area contributed by atoms with Crippen LogP contribution in [-0.4, -0.2) is 4.92 Å². The average Bonchev–Trinajstić information content (AvgIpc) is 2.18. The van der Waals surface area contributed by atoms with Crippen LogP contribution in [0.5, 0.6) is 0 Å². The molecule has 1 aromatic carbocycles. The highest BCUT2D eigenvalue weighted by atomic mass is 16.6. The quantitative estimate of drug-likeness (QED) is 0.419. The zero-order valence-corrected chi connectivity index (χ0v) is 8.90. The van der Waals surface area contributed by atoms with E-state index < -0.39 is 0 Å². The minimum absolute atomic E-state index is 0.152. The summed E-state index contributed by atoms with van der Waals surface area (Å²) < 4.78 is 0. The van der Waals surface area contributed by atoms with Crippen molar-refractivity contribution < 1.29 is 4.92 Å². The Hall–Kier alpha value is -1.64. The molecule has 80 valence electrons. The van der Waals surface area contributed by atoms with E-state index in [0.29, 0.717) is 0 Å². The predicted octanol–water partition coefficient (Wildman–Crippen LogP) is 3.49. The topological polar surface area (TPSA) is 43.1 Å². The smallest absolute Gasteiger partial charge is 0.258 e. The normalized spacial score (nSPS) is 9.93. The maximum atomic E-state index is 10.4. The van der Waals surface area contributed by atoms with Crippen molar-refractivity contribution in [3.8, 4) is 0 Å². The molecule has 0 aliphatic rings. The number of non-ortho nitro benzene ring substituents is 1. The minimum Gasteiger partial charge on any atom is -0.258 e. The standard InChI is InChI=1S/C12H15NO2/c1-10(2)4-3-5-11-6-8-12(9-7-11)13(14)15/h6-9H,1,3-5H2,2H3. The lowest BCUT2D eigenvalue weighted by Gasteiger charge is -2.00. The fourth-order valence-electron chi connectivity index (χ4n) is 1.38. The van der Waals surface area contributed by atoms with Gasteiger partial charge in [-0.05, 0) is 31.7 Å². The largest absolute Gasteiger partial charge is 0.269 e. The van der Waals surface area contributed by atoms with Crippen molar-refractivity contribution >= 4 is 5.69 Å². The maximum absolute atomic E-state index is 10.4. The second kappa shape index (κ2) is 5.29. The first-order valence-electron chi connectivity index (χ1n) is 4.97. The van der Waals surface area contributed by atoms with E-state index in [0.717, 1.165) is 24.8 Å². The van der Waals surface area contributed by atoms with E-state index in [9.17, 15) is 10.1 Å². The van der Waals surface area contributed by atoms with Gasteiger partial charge in [0.1, 0.15) is 0 Å². The lowest BCUT2D eigenvalue weighted by atomic mass is 10.1. The van der Waals surface area contributed by atoms with Gasteiger partial charge < -0.3 is 0 Å². The number of nitro groups is 1. The van der Waals surface area contributed by atoms with E-state index in [4.69, 9.17) is 0 Å². The van der Waals surface area contributed by atoms with Crippen LogP contribution >= 0.6 is 0 Å². The molecule has 0 aliphatic heterocycles. The van der Waals surface area contributed by atoms with Gasteiger partial charge >= 0.3 is 0 Å². The summed E-state index contributed by atoms with van der Waals surface area (Å²) in [6.07, 6.45) is 3.01. The number of hydrogen-bond donors (Lipinski definition) is 0. The fraction of sp³-hybridized carbons (Fsp3) is 0.333. The molecule has 0 heterocycles. The van der Waals surface area contributed by atoms with Gasteiger partial charge in [0.2, 0.25) is 0 Å². The van der Waals surface area contributed by atoms with Crippen LogP contribution in [-0.2, 0) is 6.42 Å². The first-order valence-corrected chi connectivity index (χ1v) is 4.97. The highest BCUT2D eigenvalue weighted by molar-refractivity contribution is 5.32. The molecule has 0 unspecified atom stereocenters. The second-order valence-electron chi connectivity index (χ2n) is 3.73. The Labute approximate surface area is 89.6 Å². The van der Waals surface area contributed by atoms with Gasteiger partial charge in [0, 0.05) is 12.1 Å². The molecule has 1 aromatic rings. The first kappa shape index (κ1) is 11.4. The fourth-order valence-corrected chi connectivity index (χ4v) is 1.38. The zero-order chi connectivity index (χ0) is 11.3. The summed E-state index contributed by atoms with van der Waals surface area (Å²) in [4.78, 5) is 10.0. The summed E-state index contributed by atoms with van der Waals surface area (Å²) in [5.41, 5.74) is 2.47. The van der Waals surface area contributed by atoms with Crippen molar-refractivity contribution in [1.29, 1.82) is 0 Å². The number of allylic oxidation sites excluding steroid dienone is 1. The lowest BCUT2D eigenvalue weighted by Crippen LogP contribution is -1.89. The highest BCUT2D eigenvalue weighted by Crippen LogP contribution is 2.14. The van der Waals surface area contributed by atoms with Gasteiger partial charge in [-0.3, -0.25) is 10.1 Å². The van der Waals surface area contributed by atoms with Crippen molar-refractivity contribution in [3.05, 3.63) is 52.1 Å². The molecule has 0 amide bonds. The van der Waals surface area contributed by atoms with Gasteiger partial charge in [0.15, 0.2) is 0 Å². The Morgan fingerprint density at radius 1 is 1.40 bits per heavy atom. The van der Waals surface area contributed by atoms with E-state index in [1.807, 2.05) is 19.1 Å². The number of benzene rings is 1. The molecule has 0 saturated carbocycles. The van der Waals surface area contributed by atoms with Crippen LogP contribution in [0.25, 0.3) is 0 Å². The van der Waals surface area contributed by atoms with Gasteiger partial charge in [-0.1, -0.05) is 17.7 Å². The number of nitro benzene ring substituents is 1. The van der Waals surface area contributed by atoms with Gasteiger partial charge in [-0.25, -0.2) is 0 Å². The maximum Gasteiger partial charge on any atom is 0.269 e. The summed E-state index contributed by atoms with van der Waals surface area (Å²) in [5.74, 6) is 0. The number of hydrogen-bond acceptors (Lipinski definition) is 2. The van der Waals surface area contributed by atoms with Gasteiger partial charge in [-0.15, -0.1) is 6.58 Å². The Bertz CT molecular complexity index is 354. The Kier molecular flexibility index (Phi) is 4.03. The Morgan fingerprint density at radius 3 is 2.47 bits per heavy atom. The van der Waals surface area contributed by atoms with E-state index in [1.54, 1.807) is 12.1 Å². The van der Waals surface area contributed by atoms with Crippen LogP contribution in [0.2, 0.25) is 0 Å². The van der Waals surface area contributed by atoms with Crippen LogP contribution in [0, 0.1) is 10.1 Å². The highest BCUT2D eigenvalue weighted by Gasteiger charge is 2.03. The summed E-state index contributed by atoms with van der Waals surface area (Å²) in [5, 5.41) is 10.4. The SMILES string of the molecule is C=C(C)CCCc1ccc([N+](=O)[O-])cc1. The van der Waals surface area contributed by atoms with Crippen molar-refractivity contribution in [2.24, 2.45) is 0 Å². The average molecular weight is 205 g/mol. The van der Waals surface area contributed by atoms with Crippen molar-refractivity contribution in [3.63, 3.8) is 0 Å². The van der Waals surface area contributed by atoms with Crippen LogP contribution < -0.4 is 0 Å². The zero-order valence-electron chi connectivity index (χ0n) is 8.90. The molecule has 0 aromatic heterocycles. The number of aryl methyl sites for hydroxylation is 1. The second-order valence-corrected chi connectivity index (χ2v) is 3.73. The molecule has 0 bridgehead atoms. The third kappa shape index (κ3) is 3.94. The van der Waals surface area contributed by atoms with Crippen molar-refractivity contribution in [2.75, 3.05) is 0 Å². The van der Waals surface area contributed by atoms with Crippen molar-refractivity contribution in [1.82, 2.24) is 0 Å². The summed E-state index contributed by atoms with van der Waals surface area (Å²) in [6.45, 7) is 5.84. The summed E-state index contributed by atoms with van der Waals surface area (Å²) in [7, 11) is 0.